The van der Waals surface area contributed by atoms with Gasteiger partial charge in [0.1, 0.15) is 5.82 Å². The van der Waals surface area contributed by atoms with Crippen LogP contribution in [0.2, 0.25) is 0 Å². The molecular formula is C13H13F3N4OS. The van der Waals surface area contributed by atoms with E-state index in [1.165, 1.54) is 28.0 Å². The number of carbonyl (C=O) groups is 1. The molecule has 0 aliphatic heterocycles. The normalized spacial score (nSPS) is 10.8. The van der Waals surface area contributed by atoms with Gasteiger partial charge in [-0.15, -0.1) is 10.2 Å². The minimum Gasteiger partial charge on any atom is -0.318 e. The van der Waals surface area contributed by atoms with E-state index in [1.54, 1.807) is 14.0 Å². The molecule has 2 aromatic rings. The van der Waals surface area contributed by atoms with Crippen LogP contribution in [0.5, 0.6) is 0 Å². The van der Waals surface area contributed by atoms with E-state index < -0.39 is 17.3 Å². The van der Waals surface area contributed by atoms with Crippen molar-refractivity contribution in [2.24, 2.45) is 0 Å². The summed E-state index contributed by atoms with van der Waals surface area (Å²) in [6.07, 6.45) is -2.12. The molecular weight excluding hydrogens is 317 g/mol. The number of hydrogen-bond acceptors (Lipinski definition) is 5. The van der Waals surface area contributed by atoms with Gasteiger partial charge in [-0.25, -0.2) is 13.2 Å². The fourth-order valence-corrected chi connectivity index (χ4v) is 2.54. The molecule has 0 bridgehead atoms. The van der Waals surface area contributed by atoms with Crippen molar-refractivity contribution < 1.29 is 18.0 Å². The molecule has 0 saturated heterocycles. The summed E-state index contributed by atoms with van der Waals surface area (Å²) >= 11 is 0.737. The van der Waals surface area contributed by atoms with Crippen molar-refractivity contribution in [3.63, 3.8) is 0 Å². The van der Waals surface area contributed by atoms with Crippen LogP contribution in [0, 0.1) is 5.82 Å². The molecule has 0 unspecified atom stereocenters. The summed E-state index contributed by atoms with van der Waals surface area (Å²) < 4.78 is 38.7. The molecule has 1 aromatic carbocycles. The second kappa shape index (κ2) is 6.73. The number of hydrogen-bond donors (Lipinski definition) is 0. The lowest BCUT2D eigenvalue weighted by molar-refractivity contribution is -0.107. The molecule has 22 heavy (non-hydrogen) atoms. The highest BCUT2D eigenvalue weighted by Gasteiger charge is 2.20. The average molecular weight is 330 g/mol. The molecule has 1 amide bonds. The summed E-state index contributed by atoms with van der Waals surface area (Å²) in [5.74, 6) is -0.502. The number of carbonyl (C=O) groups excluding carboxylic acids is 1. The fraction of sp³-hybridized carbons (Fsp3) is 0.308. The second-order valence-corrected chi connectivity index (χ2v) is 5.29. The van der Waals surface area contributed by atoms with E-state index in [9.17, 15) is 18.0 Å². The topological polar surface area (TPSA) is 49.3 Å². The highest BCUT2D eigenvalue weighted by Crippen LogP contribution is 2.36. The van der Waals surface area contributed by atoms with Crippen LogP contribution in [0.15, 0.2) is 18.2 Å². The van der Waals surface area contributed by atoms with Crippen molar-refractivity contribution in [3.05, 3.63) is 29.0 Å². The number of alkyl halides is 2. The van der Waals surface area contributed by atoms with Gasteiger partial charge in [0.25, 0.3) is 6.43 Å². The van der Waals surface area contributed by atoms with E-state index >= 15 is 0 Å². The lowest BCUT2D eigenvalue weighted by Gasteiger charge is -2.24. The molecule has 2 rings (SSSR count). The number of rotatable bonds is 6. The summed E-state index contributed by atoms with van der Waals surface area (Å²) in [4.78, 5) is 13.9. The zero-order valence-corrected chi connectivity index (χ0v) is 12.6. The molecule has 0 radical (unpaired) electrons. The predicted octanol–water partition coefficient (Wildman–Crippen LogP) is 3.37. The van der Waals surface area contributed by atoms with E-state index in [0.717, 1.165) is 11.3 Å². The third-order valence-electron chi connectivity index (χ3n) is 2.98. The minimum absolute atomic E-state index is 0.227. The smallest absolute Gasteiger partial charge is 0.291 e. The van der Waals surface area contributed by atoms with E-state index in [1.807, 2.05) is 0 Å². The Kier molecular flexibility index (Phi) is 4.96. The Bertz CT molecular complexity index is 664. The first kappa shape index (κ1) is 16.2. The highest BCUT2D eigenvalue weighted by molar-refractivity contribution is 7.15. The lowest BCUT2D eigenvalue weighted by atomic mass is 10.2. The second-order valence-electron chi connectivity index (χ2n) is 4.31. The van der Waals surface area contributed by atoms with Crippen LogP contribution in [0.25, 0.3) is 0 Å². The molecule has 0 aliphatic rings. The van der Waals surface area contributed by atoms with Gasteiger partial charge in [-0.05, 0) is 25.1 Å². The SMILES string of the molecule is CCN(C=O)c1cc(F)ccc1N(C)c1nnc(C(F)F)s1. The molecule has 9 heteroatoms. The first-order chi connectivity index (χ1) is 10.5. The maximum absolute atomic E-state index is 13.5. The van der Waals surface area contributed by atoms with Crippen LogP contribution < -0.4 is 9.80 Å². The van der Waals surface area contributed by atoms with Gasteiger partial charge in [0, 0.05) is 13.6 Å². The molecule has 5 nitrogen and oxygen atoms in total. The number of benzene rings is 1. The fourth-order valence-electron chi connectivity index (χ4n) is 1.87. The first-order valence-electron chi connectivity index (χ1n) is 6.34. The third-order valence-corrected chi connectivity index (χ3v) is 3.99. The van der Waals surface area contributed by atoms with Gasteiger partial charge in [0.05, 0.1) is 11.4 Å². The van der Waals surface area contributed by atoms with Crippen LogP contribution in [-0.2, 0) is 4.79 Å². The molecule has 0 saturated carbocycles. The van der Waals surface area contributed by atoms with Crippen molar-refractivity contribution >= 4 is 34.3 Å². The number of anilines is 3. The lowest BCUT2D eigenvalue weighted by Crippen LogP contribution is -2.23. The Balaban J connectivity index is 2.43. The van der Waals surface area contributed by atoms with E-state index in [-0.39, 0.29) is 5.13 Å². The summed E-state index contributed by atoms with van der Waals surface area (Å²) in [5.41, 5.74) is 0.793. The van der Waals surface area contributed by atoms with Crippen LogP contribution in [-0.4, -0.2) is 30.2 Å². The van der Waals surface area contributed by atoms with Crippen LogP contribution in [0.3, 0.4) is 0 Å². The van der Waals surface area contributed by atoms with Gasteiger partial charge in [-0.3, -0.25) is 4.79 Å². The van der Waals surface area contributed by atoms with Gasteiger partial charge >= 0.3 is 0 Å². The molecule has 0 atom stereocenters. The number of halogens is 3. The summed E-state index contributed by atoms with van der Waals surface area (Å²) in [7, 11) is 1.59. The summed E-state index contributed by atoms with van der Waals surface area (Å²) in [6, 6.07) is 3.89. The van der Waals surface area contributed by atoms with Gasteiger partial charge in [-0.2, -0.15) is 0 Å². The number of amides is 1. The van der Waals surface area contributed by atoms with Crippen LogP contribution in [0.4, 0.5) is 29.7 Å². The summed E-state index contributed by atoms with van der Waals surface area (Å²) in [5, 5.41) is 6.95. The average Bonchev–Trinajstić information content (AvgIpc) is 2.98. The maximum atomic E-state index is 13.5. The third kappa shape index (κ3) is 3.19. The van der Waals surface area contributed by atoms with Crippen LogP contribution >= 0.6 is 11.3 Å². The predicted molar refractivity (Wildman–Crippen MR) is 78.4 cm³/mol. The van der Waals surface area contributed by atoms with Crippen molar-refractivity contribution in [1.29, 1.82) is 0 Å². The van der Waals surface area contributed by atoms with Gasteiger partial charge < -0.3 is 9.80 Å². The van der Waals surface area contributed by atoms with Gasteiger partial charge in [0.2, 0.25) is 11.5 Å². The van der Waals surface area contributed by atoms with Crippen molar-refractivity contribution in [2.75, 3.05) is 23.4 Å². The zero-order chi connectivity index (χ0) is 16.3. The van der Waals surface area contributed by atoms with Crippen molar-refractivity contribution in [1.82, 2.24) is 10.2 Å². The van der Waals surface area contributed by atoms with Gasteiger partial charge in [0.15, 0.2) is 5.01 Å². The molecule has 0 fully saturated rings. The largest absolute Gasteiger partial charge is 0.318 e. The maximum Gasteiger partial charge on any atom is 0.291 e. The Hall–Kier alpha value is -2.16. The molecule has 118 valence electrons. The standard InChI is InChI=1S/C13H13F3N4OS/c1-3-20(7-21)10-6-8(14)4-5-9(10)19(2)13-18-17-12(22-13)11(15)16/h4-7,11H,3H2,1-2H3. The molecule has 1 heterocycles. The number of nitrogens with zero attached hydrogens (tertiary/aromatic N) is 4. The Morgan fingerprint density at radius 1 is 1.32 bits per heavy atom. The number of aromatic nitrogens is 2. The van der Waals surface area contributed by atoms with Crippen LogP contribution in [0.1, 0.15) is 18.4 Å². The van der Waals surface area contributed by atoms with E-state index in [4.69, 9.17) is 0 Å². The monoisotopic (exact) mass is 330 g/mol. The summed E-state index contributed by atoms with van der Waals surface area (Å²) in [6.45, 7) is 2.08. The van der Waals surface area contributed by atoms with Crippen molar-refractivity contribution in [3.8, 4) is 0 Å². The highest BCUT2D eigenvalue weighted by atomic mass is 32.1. The zero-order valence-electron chi connectivity index (χ0n) is 11.8. The minimum atomic E-state index is -2.70. The molecule has 0 N–H and O–H groups in total. The van der Waals surface area contributed by atoms with Crippen molar-refractivity contribution in [2.45, 2.75) is 13.3 Å². The van der Waals surface area contributed by atoms with E-state index in [0.29, 0.717) is 24.3 Å². The Morgan fingerprint density at radius 3 is 2.59 bits per heavy atom. The quantitative estimate of drug-likeness (QED) is 0.762. The Morgan fingerprint density at radius 2 is 2.05 bits per heavy atom. The molecule has 0 spiro atoms. The van der Waals surface area contributed by atoms with E-state index in [2.05, 4.69) is 10.2 Å². The first-order valence-corrected chi connectivity index (χ1v) is 7.16. The van der Waals surface area contributed by atoms with Gasteiger partial charge in [-0.1, -0.05) is 11.3 Å². The Labute approximate surface area is 129 Å². The molecule has 1 aromatic heterocycles. The molecule has 0 aliphatic carbocycles.